The van der Waals surface area contributed by atoms with Crippen LogP contribution in [0.25, 0.3) is 6.08 Å². The Labute approximate surface area is 144 Å². The monoisotopic (exact) mass is 323 g/mol. The van der Waals surface area contributed by atoms with E-state index in [2.05, 4.69) is 36.2 Å². The molecule has 0 fully saturated rings. The molecule has 1 aliphatic rings. The van der Waals surface area contributed by atoms with Crippen LogP contribution in [0, 0.1) is 5.82 Å². The number of halogens is 1. The summed E-state index contributed by atoms with van der Waals surface area (Å²) in [6.45, 7) is 1.84. The van der Waals surface area contributed by atoms with Crippen LogP contribution < -0.4 is 0 Å². The predicted molar refractivity (Wildman–Crippen MR) is 99.5 cm³/mol. The zero-order valence-corrected chi connectivity index (χ0v) is 14.5. The first-order chi connectivity index (χ1) is 11.7. The molecule has 24 heavy (non-hydrogen) atoms. The van der Waals surface area contributed by atoms with Crippen LogP contribution in [0.2, 0.25) is 0 Å². The van der Waals surface area contributed by atoms with Gasteiger partial charge in [-0.15, -0.1) is 0 Å². The van der Waals surface area contributed by atoms with Crippen molar-refractivity contribution in [3.63, 3.8) is 0 Å². The van der Waals surface area contributed by atoms with Gasteiger partial charge in [0.2, 0.25) is 0 Å². The first-order valence-corrected chi connectivity index (χ1v) is 8.92. The highest BCUT2D eigenvalue weighted by Gasteiger charge is 2.09. The maximum absolute atomic E-state index is 12.9. The van der Waals surface area contributed by atoms with Gasteiger partial charge in [0, 0.05) is 13.1 Å². The number of likely N-dealkylation sites (N-methyl/N-ethyl adjacent to an activating group) is 1. The molecule has 0 aromatic heterocycles. The summed E-state index contributed by atoms with van der Waals surface area (Å²) >= 11 is 0. The molecule has 0 aliphatic heterocycles. The summed E-state index contributed by atoms with van der Waals surface area (Å²) in [5, 5.41) is 0. The van der Waals surface area contributed by atoms with Crippen LogP contribution in [0.3, 0.4) is 0 Å². The Morgan fingerprint density at radius 1 is 0.958 bits per heavy atom. The molecule has 0 N–H and O–H groups in total. The molecule has 2 aromatic carbocycles. The van der Waals surface area contributed by atoms with Crippen molar-refractivity contribution < 1.29 is 4.39 Å². The quantitative estimate of drug-likeness (QED) is 0.680. The molecule has 126 valence electrons. The topological polar surface area (TPSA) is 3.24 Å². The highest BCUT2D eigenvalue weighted by molar-refractivity contribution is 5.49. The van der Waals surface area contributed by atoms with E-state index in [1.54, 1.807) is 23.3 Å². The zero-order chi connectivity index (χ0) is 16.8. The molecule has 2 aromatic rings. The van der Waals surface area contributed by atoms with E-state index in [1.165, 1.54) is 49.8 Å². The number of hydrogen-bond acceptors (Lipinski definition) is 1. The van der Waals surface area contributed by atoms with Gasteiger partial charge in [-0.3, -0.25) is 4.90 Å². The average Bonchev–Trinajstić information content (AvgIpc) is 2.81. The molecule has 1 nitrogen and oxygen atoms in total. The standard InChI is InChI=1S/C22H26FN/c1-24(15-5-6-18-10-13-22(23)14-11-18)17-19-9-12-20-7-3-2-4-8-21(20)16-19/h5-6,9-14,16H,2-4,7-8,15,17H2,1H3/b6-5+. The van der Waals surface area contributed by atoms with Gasteiger partial charge < -0.3 is 0 Å². The third kappa shape index (κ3) is 4.78. The molecule has 2 heteroatoms. The van der Waals surface area contributed by atoms with Crippen molar-refractivity contribution in [3.05, 3.63) is 76.6 Å². The van der Waals surface area contributed by atoms with Crippen LogP contribution in [-0.2, 0) is 19.4 Å². The fraction of sp³-hybridized carbons (Fsp3) is 0.364. The number of hydrogen-bond donors (Lipinski definition) is 0. The number of nitrogens with zero attached hydrogens (tertiary/aromatic N) is 1. The van der Waals surface area contributed by atoms with Crippen molar-refractivity contribution in [3.8, 4) is 0 Å². The minimum Gasteiger partial charge on any atom is -0.298 e. The van der Waals surface area contributed by atoms with Gasteiger partial charge in [0.25, 0.3) is 0 Å². The summed E-state index contributed by atoms with van der Waals surface area (Å²) in [7, 11) is 2.14. The molecule has 1 aliphatic carbocycles. The van der Waals surface area contributed by atoms with Crippen LogP contribution in [0.15, 0.2) is 48.5 Å². The number of rotatable bonds is 5. The third-order valence-corrected chi connectivity index (χ3v) is 4.71. The maximum Gasteiger partial charge on any atom is 0.123 e. The van der Waals surface area contributed by atoms with Gasteiger partial charge in [-0.1, -0.05) is 48.9 Å². The normalized spacial score (nSPS) is 14.8. The summed E-state index contributed by atoms with van der Waals surface area (Å²) in [4.78, 5) is 2.30. The van der Waals surface area contributed by atoms with Gasteiger partial charge in [0.05, 0.1) is 0 Å². The van der Waals surface area contributed by atoms with Gasteiger partial charge >= 0.3 is 0 Å². The Hall–Kier alpha value is -1.93. The van der Waals surface area contributed by atoms with Crippen molar-refractivity contribution in [1.82, 2.24) is 4.90 Å². The van der Waals surface area contributed by atoms with Gasteiger partial charge in [0.1, 0.15) is 5.82 Å². The molecule has 0 saturated carbocycles. The highest BCUT2D eigenvalue weighted by atomic mass is 19.1. The van der Waals surface area contributed by atoms with E-state index in [0.717, 1.165) is 18.7 Å². The molecule has 0 unspecified atom stereocenters. The van der Waals surface area contributed by atoms with E-state index < -0.39 is 0 Å². The van der Waals surface area contributed by atoms with Crippen molar-refractivity contribution >= 4 is 6.08 Å². The van der Waals surface area contributed by atoms with Gasteiger partial charge in [0.15, 0.2) is 0 Å². The number of aryl methyl sites for hydroxylation is 2. The van der Waals surface area contributed by atoms with E-state index in [0.29, 0.717) is 0 Å². The Balaban J connectivity index is 1.55. The van der Waals surface area contributed by atoms with E-state index in [9.17, 15) is 4.39 Å². The van der Waals surface area contributed by atoms with Gasteiger partial charge in [-0.25, -0.2) is 4.39 Å². The second kappa shape index (κ2) is 8.25. The maximum atomic E-state index is 12.9. The zero-order valence-electron chi connectivity index (χ0n) is 14.5. The van der Waals surface area contributed by atoms with Gasteiger partial charge in [-0.05, 0) is 67.1 Å². The van der Waals surface area contributed by atoms with Crippen molar-refractivity contribution in [2.75, 3.05) is 13.6 Å². The lowest BCUT2D eigenvalue weighted by Gasteiger charge is -2.16. The summed E-state index contributed by atoms with van der Waals surface area (Å²) in [6, 6.07) is 13.6. The average molecular weight is 323 g/mol. The molecule has 0 atom stereocenters. The first-order valence-electron chi connectivity index (χ1n) is 8.92. The van der Waals surface area contributed by atoms with Crippen molar-refractivity contribution in [2.45, 2.75) is 38.6 Å². The lowest BCUT2D eigenvalue weighted by Crippen LogP contribution is -2.17. The Kier molecular flexibility index (Phi) is 5.81. The minimum atomic E-state index is -0.188. The smallest absolute Gasteiger partial charge is 0.123 e. The Bertz CT molecular complexity index is 688. The van der Waals surface area contributed by atoms with E-state index in [-0.39, 0.29) is 5.82 Å². The van der Waals surface area contributed by atoms with Gasteiger partial charge in [-0.2, -0.15) is 0 Å². The molecule has 0 spiro atoms. The van der Waals surface area contributed by atoms with Crippen LogP contribution in [0.5, 0.6) is 0 Å². The summed E-state index contributed by atoms with van der Waals surface area (Å²) < 4.78 is 12.9. The van der Waals surface area contributed by atoms with Crippen LogP contribution in [0.4, 0.5) is 4.39 Å². The number of fused-ring (bicyclic) bond motifs is 1. The first kappa shape index (κ1) is 16.9. The lowest BCUT2D eigenvalue weighted by atomic mass is 10.00. The molecular weight excluding hydrogens is 297 g/mol. The second-order valence-corrected chi connectivity index (χ2v) is 6.81. The molecule has 0 bridgehead atoms. The molecule has 0 saturated heterocycles. The molecule has 3 rings (SSSR count). The van der Waals surface area contributed by atoms with Crippen molar-refractivity contribution in [2.24, 2.45) is 0 Å². The molecule has 0 amide bonds. The number of benzene rings is 2. The molecule has 0 heterocycles. The van der Waals surface area contributed by atoms with E-state index >= 15 is 0 Å². The van der Waals surface area contributed by atoms with Crippen LogP contribution in [0.1, 0.15) is 41.5 Å². The molecular formula is C22H26FN. The van der Waals surface area contributed by atoms with Crippen LogP contribution in [-0.4, -0.2) is 18.5 Å². The Morgan fingerprint density at radius 3 is 2.50 bits per heavy atom. The van der Waals surface area contributed by atoms with Crippen LogP contribution >= 0.6 is 0 Å². The summed E-state index contributed by atoms with van der Waals surface area (Å²) in [5.74, 6) is -0.188. The summed E-state index contributed by atoms with van der Waals surface area (Å²) in [6.07, 6.45) is 10.7. The minimum absolute atomic E-state index is 0.188. The van der Waals surface area contributed by atoms with E-state index in [4.69, 9.17) is 0 Å². The fourth-order valence-electron chi connectivity index (χ4n) is 3.38. The lowest BCUT2D eigenvalue weighted by molar-refractivity contribution is 0.364. The predicted octanol–water partition coefficient (Wildman–Crippen LogP) is 5.24. The fourth-order valence-corrected chi connectivity index (χ4v) is 3.38. The van der Waals surface area contributed by atoms with Crippen molar-refractivity contribution in [1.29, 1.82) is 0 Å². The highest BCUT2D eigenvalue weighted by Crippen LogP contribution is 2.22. The SMILES string of the molecule is CN(C/C=C/c1ccc(F)cc1)Cc1ccc2c(c1)CCCCC2. The summed E-state index contributed by atoms with van der Waals surface area (Å²) in [5.41, 5.74) is 5.54. The van der Waals surface area contributed by atoms with E-state index in [1.807, 2.05) is 6.08 Å². The largest absolute Gasteiger partial charge is 0.298 e. The third-order valence-electron chi connectivity index (χ3n) is 4.71. The second-order valence-electron chi connectivity index (χ2n) is 6.81. The molecule has 0 radical (unpaired) electrons. The Morgan fingerprint density at radius 2 is 1.71 bits per heavy atom.